The second-order valence-electron chi connectivity index (χ2n) is 3.46. The van der Waals surface area contributed by atoms with Crippen LogP contribution in [0.5, 0.6) is 0 Å². The lowest BCUT2D eigenvalue weighted by molar-refractivity contribution is 0.296. The third-order valence-electron chi connectivity index (χ3n) is 2.68. The molecule has 1 atom stereocenters. The monoisotopic (exact) mass is 220 g/mol. The highest BCUT2D eigenvalue weighted by Crippen LogP contribution is 2.30. The van der Waals surface area contributed by atoms with Crippen LogP contribution in [0.2, 0.25) is 0 Å². The van der Waals surface area contributed by atoms with Gasteiger partial charge in [-0.1, -0.05) is 22.9 Å². The van der Waals surface area contributed by atoms with Crippen molar-refractivity contribution in [3.8, 4) is 0 Å². The first-order valence-corrected chi connectivity index (χ1v) is 5.37. The molecule has 66 valence electrons. The topological polar surface area (TPSA) is 29.3 Å². The molecule has 0 aliphatic carbocycles. The van der Waals surface area contributed by atoms with Crippen molar-refractivity contribution in [2.24, 2.45) is 11.1 Å². The molecule has 0 bridgehead atoms. The summed E-state index contributed by atoms with van der Waals surface area (Å²) in [6.07, 6.45) is 1.25. The first-order valence-electron chi connectivity index (χ1n) is 4.25. The minimum atomic E-state index is 0.371. The highest BCUT2D eigenvalue weighted by atomic mass is 79.9. The van der Waals surface area contributed by atoms with E-state index < -0.39 is 0 Å². The maximum absolute atomic E-state index is 5.74. The average molecular weight is 221 g/mol. The molecule has 1 unspecified atom stereocenters. The largest absolute Gasteiger partial charge is 0.330 e. The van der Waals surface area contributed by atoms with E-state index in [0.717, 1.165) is 18.4 Å². The number of alkyl halides is 1. The van der Waals surface area contributed by atoms with Crippen LogP contribution in [0, 0.1) is 5.41 Å². The maximum Gasteiger partial charge on any atom is 0.0113 e. The number of nitrogens with two attached hydrogens (primary N) is 1. The summed E-state index contributed by atoms with van der Waals surface area (Å²) in [7, 11) is 0. The predicted octanol–water partition coefficient (Wildman–Crippen LogP) is 1.05. The summed E-state index contributed by atoms with van der Waals surface area (Å²) >= 11 is 3.54. The highest BCUT2D eigenvalue weighted by molar-refractivity contribution is 9.09. The van der Waals surface area contributed by atoms with Gasteiger partial charge in [-0.15, -0.1) is 0 Å². The summed E-state index contributed by atoms with van der Waals surface area (Å²) in [6, 6.07) is 0. The lowest BCUT2D eigenvalue weighted by Crippen LogP contribution is -2.35. The lowest BCUT2D eigenvalue weighted by Gasteiger charge is -2.24. The van der Waals surface area contributed by atoms with Crippen molar-refractivity contribution in [2.75, 3.05) is 31.5 Å². The second-order valence-corrected chi connectivity index (χ2v) is 4.02. The van der Waals surface area contributed by atoms with Crippen LogP contribution in [-0.2, 0) is 0 Å². The van der Waals surface area contributed by atoms with Gasteiger partial charge < -0.3 is 10.6 Å². The lowest BCUT2D eigenvalue weighted by atomic mass is 9.90. The molecule has 0 spiro atoms. The van der Waals surface area contributed by atoms with Gasteiger partial charge in [-0.2, -0.15) is 0 Å². The molecular formula is C8H17BrN2. The summed E-state index contributed by atoms with van der Waals surface area (Å²) in [4.78, 5) is 2.47. The molecule has 1 saturated heterocycles. The number of nitrogens with zero attached hydrogens (tertiary/aromatic N) is 1. The highest BCUT2D eigenvalue weighted by Gasteiger charge is 2.34. The molecule has 1 rings (SSSR count). The van der Waals surface area contributed by atoms with Gasteiger partial charge in [0.25, 0.3) is 0 Å². The van der Waals surface area contributed by atoms with Crippen molar-refractivity contribution in [1.82, 2.24) is 4.90 Å². The summed E-state index contributed by atoms with van der Waals surface area (Å²) in [5, 5.41) is 1.05. The average Bonchev–Trinajstić information content (AvgIpc) is 2.49. The van der Waals surface area contributed by atoms with Crippen LogP contribution < -0.4 is 5.73 Å². The molecule has 0 aromatic heterocycles. The zero-order valence-electron chi connectivity index (χ0n) is 7.15. The van der Waals surface area contributed by atoms with Crippen molar-refractivity contribution >= 4 is 15.9 Å². The van der Waals surface area contributed by atoms with E-state index in [1.54, 1.807) is 0 Å². The van der Waals surface area contributed by atoms with Crippen LogP contribution in [0.4, 0.5) is 0 Å². The van der Waals surface area contributed by atoms with Crippen molar-refractivity contribution in [3.63, 3.8) is 0 Å². The molecule has 0 aromatic carbocycles. The van der Waals surface area contributed by atoms with Gasteiger partial charge in [0.15, 0.2) is 0 Å². The minimum Gasteiger partial charge on any atom is -0.330 e. The number of hydrogen-bond acceptors (Lipinski definition) is 2. The van der Waals surface area contributed by atoms with Gasteiger partial charge >= 0.3 is 0 Å². The molecule has 1 aliphatic heterocycles. The van der Waals surface area contributed by atoms with Crippen LogP contribution in [0.3, 0.4) is 0 Å². The molecule has 11 heavy (non-hydrogen) atoms. The Kier molecular flexibility index (Phi) is 3.34. The molecule has 3 heteroatoms. The molecule has 0 saturated carbocycles. The Bertz CT molecular complexity index is 123. The van der Waals surface area contributed by atoms with Crippen molar-refractivity contribution in [2.45, 2.75) is 13.3 Å². The normalized spacial score (nSPS) is 33.0. The fourth-order valence-electron chi connectivity index (χ4n) is 1.63. The second kappa shape index (κ2) is 3.87. The van der Waals surface area contributed by atoms with E-state index in [0.29, 0.717) is 5.41 Å². The Balaban J connectivity index is 2.48. The summed E-state index contributed by atoms with van der Waals surface area (Å²) in [6.45, 7) is 6.58. The Morgan fingerprint density at radius 3 is 2.64 bits per heavy atom. The van der Waals surface area contributed by atoms with Crippen LogP contribution in [0.1, 0.15) is 13.3 Å². The molecule has 0 amide bonds. The third kappa shape index (κ3) is 1.95. The van der Waals surface area contributed by atoms with Gasteiger partial charge in [0, 0.05) is 23.8 Å². The fourth-order valence-corrected chi connectivity index (χ4v) is 2.31. The van der Waals surface area contributed by atoms with Crippen molar-refractivity contribution in [1.29, 1.82) is 0 Å². The van der Waals surface area contributed by atoms with Crippen LogP contribution >= 0.6 is 15.9 Å². The first kappa shape index (κ1) is 9.49. The number of hydrogen-bond donors (Lipinski definition) is 1. The standard InChI is InChI=1S/C8H17BrN2/c1-2-11-4-3-8(5-9,6-10)7-11/h2-7,10H2,1H3. The van der Waals surface area contributed by atoms with Gasteiger partial charge in [0.2, 0.25) is 0 Å². The first-order chi connectivity index (χ1) is 5.26. The summed E-state index contributed by atoms with van der Waals surface area (Å²) in [5.41, 5.74) is 6.11. The quantitative estimate of drug-likeness (QED) is 0.722. The molecule has 1 fully saturated rings. The molecule has 2 N–H and O–H groups in total. The van der Waals surface area contributed by atoms with Gasteiger partial charge in [-0.25, -0.2) is 0 Å². The summed E-state index contributed by atoms with van der Waals surface area (Å²) < 4.78 is 0. The van der Waals surface area contributed by atoms with E-state index in [1.807, 2.05) is 0 Å². The Morgan fingerprint density at radius 1 is 1.64 bits per heavy atom. The van der Waals surface area contributed by atoms with E-state index in [4.69, 9.17) is 5.73 Å². The molecule has 1 aliphatic rings. The van der Waals surface area contributed by atoms with Gasteiger partial charge in [-0.05, 0) is 19.5 Å². The zero-order valence-corrected chi connectivity index (χ0v) is 8.73. The van der Waals surface area contributed by atoms with Crippen LogP contribution in [0.25, 0.3) is 0 Å². The van der Waals surface area contributed by atoms with Gasteiger partial charge in [0.1, 0.15) is 0 Å². The Labute approximate surface area is 77.3 Å². The Hall–Kier alpha value is 0.400. The molecule has 1 heterocycles. The molecule has 0 radical (unpaired) electrons. The fraction of sp³-hybridized carbons (Fsp3) is 1.00. The van der Waals surface area contributed by atoms with E-state index in [1.165, 1.54) is 19.5 Å². The Morgan fingerprint density at radius 2 is 2.36 bits per heavy atom. The van der Waals surface area contributed by atoms with E-state index in [-0.39, 0.29) is 0 Å². The van der Waals surface area contributed by atoms with Crippen LogP contribution in [0.15, 0.2) is 0 Å². The predicted molar refractivity (Wildman–Crippen MR) is 52.0 cm³/mol. The van der Waals surface area contributed by atoms with E-state index >= 15 is 0 Å². The van der Waals surface area contributed by atoms with Gasteiger partial charge in [-0.3, -0.25) is 0 Å². The summed E-state index contributed by atoms with van der Waals surface area (Å²) in [5.74, 6) is 0. The molecule has 2 nitrogen and oxygen atoms in total. The van der Waals surface area contributed by atoms with Gasteiger partial charge in [0.05, 0.1) is 0 Å². The zero-order chi connectivity index (χ0) is 8.32. The number of rotatable bonds is 3. The molecule has 0 aromatic rings. The third-order valence-corrected chi connectivity index (χ3v) is 3.87. The maximum atomic E-state index is 5.74. The van der Waals surface area contributed by atoms with E-state index in [9.17, 15) is 0 Å². The number of likely N-dealkylation sites (tertiary alicyclic amines) is 1. The van der Waals surface area contributed by atoms with E-state index in [2.05, 4.69) is 27.8 Å². The van der Waals surface area contributed by atoms with Crippen molar-refractivity contribution < 1.29 is 0 Å². The van der Waals surface area contributed by atoms with Crippen LogP contribution in [-0.4, -0.2) is 36.4 Å². The SMILES string of the molecule is CCN1CCC(CN)(CBr)C1. The smallest absolute Gasteiger partial charge is 0.0113 e. The number of halogens is 1. The minimum absolute atomic E-state index is 0.371. The molecular weight excluding hydrogens is 204 g/mol. The van der Waals surface area contributed by atoms with Crippen molar-refractivity contribution in [3.05, 3.63) is 0 Å².